The summed E-state index contributed by atoms with van der Waals surface area (Å²) in [5, 5.41) is 9.84. The van der Waals surface area contributed by atoms with E-state index in [4.69, 9.17) is 0 Å². The van der Waals surface area contributed by atoms with E-state index in [-0.39, 0.29) is 6.10 Å². The highest BCUT2D eigenvalue weighted by Gasteiger charge is 2.45. The molecule has 2 fully saturated rings. The van der Waals surface area contributed by atoms with Crippen molar-refractivity contribution >= 4 is 0 Å². The van der Waals surface area contributed by atoms with Crippen LogP contribution in [0.15, 0.2) is 0 Å². The maximum Gasteiger partial charge on any atom is 0.0555 e. The zero-order valence-corrected chi connectivity index (χ0v) is 10.2. The van der Waals surface area contributed by atoms with Gasteiger partial charge in [0, 0.05) is 6.04 Å². The molecule has 2 heteroatoms. The fourth-order valence-corrected chi connectivity index (χ4v) is 3.78. The lowest BCUT2D eigenvalue weighted by molar-refractivity contribution is -0.0149. The number of hydrogen-bond acceptors (Lipinski definition) is 2. The number of nitrogens with zero attached hydrogens (tertiary/aromatic N) is 1. The third kappa shape index (κ3) is 2.07. The van der Waals surface area contributed by atoms with Crippen LogP contribution in [0, 0.1) is 5.41 Å². The van der Waals surface area contributed by atoms with Crippen LogP contribution in [0.1, 0.15) is 51.9 Å². The predicted molar refractivity (Wildman–Crippen MR) is 62.9 cm³/mol. The fraction of sp³-hybridized carbons (Fsp3) is 1.00. The Morgan fingerprint density at radius 2 is 1.93 bits per heavy atom. The van der Waals surface area contributed by atoms with Crippen molar-refractivity contribution in [3.63, 3.8) is 0 Å². The lowest BCUT2D eigenvalue weighted by atomic mass is 9.67. The van der Waals surface area contributed by atoms with E-state index in [9.17, 15) is 5.11 Å². The van der Waals surface area contributed by atoms with Gasteiger partial charge in [0.05, 0.1) is 6.10 Å². The molecule has 1 N–H and O–H groups in total. The van der Waals surface area contributed by atoms with E-state index in [0.29, 0.717) is 11.5 Å². The van der Waals surface area contributed by atoms with Gasteiger partial charge in [0.15, 0.2) is 0 Å². The number of aliphatic hydroxyl groups excluding tert-OH is 1. The molecule has 2 aliphatic rings. The van der Waals surface area contributed by atoms with Crippen LogP contribution in [0.4, 0.5) is 0 Å². The van der Waals surface area contributed by atoms with Crippen molar-refractivity contribution < 1.29 is 5.11 Å². The smallest absolute Gasteiger partial charge is 0.0555 e. The van der Waals surface area contributed by atoms with Crippen LogP contribution >= 0.6 is 0 Å². The SMILES string of the molecule is CCN(C)C1CC(O)CCC12CCCC2. The maximum atomic E-state index is 9.84. The summed E-state index contributed by atoms with van der Waals surface area (Å²) in [5.41, 5.74) is 0.560. The quantitative estimate of drug-likeness (QED) is 0.758. The van der Waals surface area contributed by atoms with Gasteiger partial charge in [-0.2, -0.15) is 0 Å². The van der Waals surface area contributed by atoms with E-state index in [2.05, 4.69) is 18.9 Å². The maximum absolute atomic E-state index is 9.84. The third-order valence-electron chi connectivity index (χ3n) is 4.81. The molecule has 88 valence electrons. The molecule has 2 aliphatic carbocycles. The molecular formula is C13H25NO. The normalized spacial score (nSPS) is 35.2. The zero-order chi connectivity index (χ0) is 10.9. The molecule has 0 aliphatic heterocycles. The Balaban J connectivity index is 2.12. The Hall–Kier alpha value is -0.0800. The second kappa shape index (κ2) is 4.42. The van der Waals surface area contributed by atoms with Crippen LogP contribution in [-0.2, 0) is 0 Å². The summed E-state index contributed by atoms with van der Waals surface area (Å²) in [5.74, 6) is 0. The third-order valence-corrected chi connectivity index (χ3v) is 4.81. The van der Waals surface area contributed by atoms with Crippen molar-refractivity contribution in [2.75, 3.05) is 13.6 Å². The van der Waals surface area contributed by atoms with Gasteiger partial charge in [-0.25, -0.2) is 0 Å². The average molecular weight is 211 g/mol. The first kappa shape index (κ1) is 11.4. The molecule has 1 spiro atoms. The molecule has 15 heavy (non-hydrogen) atoms. The number of hydrogen-bond donors (Lipinski definition) is 1. The van der Waals surface area contributed by atoms with Gasteiger partial charge < -0.3 is 10.0 Å². The van der Waals surface area contributed by atoms with Crippen molar-refractivity contribution in [3.05, 3.63) is 0 Å². The Morgan fingerprint density at radius 1 is 1.27 bits per heavy atom. The summed E-state index contributed by atoms with van der Waals surface area (Å²) < 4.78 is 0. The molecular weight excluding hydrogens is 186 g/mol. The van der Waals surface area contributed by atoms with Crippen molar-refractivity contribution in [1.82, 2.24) is 4.90 Å². The molecule has 2 saturated carbocycles. The molecule has 0 aromatic rings. The highest BCUT2D eigenvalue weighted by molar-refractivity contribution is 4.99. The molecule has 0 aromatic heterocycles. The average Bonchev–Trinajstić information content (AvgIpc) is 2.70. The largest absolute Gasteiger partial charge is 0.393 e. The highest BCUT2D eigenvalue weighted by Crippen LogP contribution is 2.50. The van der Waals surface area contributed by atoms with Gasteiger partial charge >= 0.3 is 0 Å². The highest BCUT2D eigenvalue weighted by atomic mass is 16.3. The molecule has 0 bridgehead atoms. The van der Waals surface area contributed by atoms with Gasteiger partial charge in [-0.3, -0.25) is 0 Å². The molecule has 0 amide bonds. The van der Waals surface area contributed by atoms with Gasteiger partial charge in [0.25, 0.3) is 0 Å². The summed E-state index contributed by atoms with van der Waals surface area (Å²) in [4.78, 5) is 2.47. The molecule has 0 aromatic carbocycles. The van der Waals surface area contributed by atoms with Crippen LogP contribution in [0.2, 0.25) is 0 Å². The standard InChI is InChI=1S/C13H25NO/c1-3-14(2)12-10-11(15)6-9-13(12)7-4-5-8-13/h11-12,15H,3-10H2,1-2H3. The minimum Gasteiger partial charge on any atom is -0.393 e. The first-order chi connectivity index (χ1) is 7.18. The molecule has 2 atom stereocenters. The van der Waals surface area contributed by atoms with E-state index in [1.54, 1.807) is 0 Å². The summed E-state index contributed by atoms with van der Waals surface area (Å²) >= 11 is 0. The zero-order valence-electron chi connectivity index (χ0n) is 10.2. The monoisotopic (exact) mass is 211 g/mol. The molecule has 2 unspecified atom stereocenters. The molecule has 0 saturated heterocycles. The summed E-state index contributed by atoms with van der Waals surface area (Å²) in [6, 6.07) is 0.633. The fourth-order valence-electron chi connectivity index (χ4n) is 3.78. The van der Waals surface area contributed by atoms with E-state index in [1.165, 1.54) is 32.1 Å². The van der Waals surface area contributed by atoms with Gasteiger partial charge in [-0.05, 0) is 51.1 Å². The first-order valence-corrected chi connectivity index (χ1v) is 6.56. The Morgan fingerprint density at radius 3 is 2.53 bits per heavy atom. The van der Waals surface area contributed by atoms with Crippen molar-refractivity contribution in [2.24, 2.45) is 5.41 Å². The lowest BCUT2D eigenvalue weighted by Gasteiger charge is -2.47. The van der Waals surface area contributed by atoms with Gasteiger partial charge in [-0.1, -0.05) is 19.8 Å². The van der Waals surface area contributed by atoms with Crippen LogP contribution in [-0.4, -0.2) is 35.7 Å². The summed E-state index contributed by atoms with van der Waals surface area (Å²) in [7, 11) is 2.22. The van der Waals surface area contributed by atoms with E-state index in [0.717, 1.165) is 19.4 Å². The van der Waals surface area contributed by atoms with Gasteiger partial charge in [0.2, 0.25) is 0 Å². The Kier molecular flexibility index (Phi) is 3.36. The van der Waals surface area contributed by atoms with Crippen molar-refractivity contribution in [1.29, 1.82) is 0 Å². The molecule has 2 rings (SSSR count). The summed E-state index contributed by atoms with van der Waals surface area (Å²) in [6.45, 7) is 3.34. The number of rotatable bonds is 2. The van der Waals surface area contributed by atoms with Gasteiger partial charge in [0.1, 0.15) is 0 Å². The Bertz CT molecular complexity index is 211. The predicted octanol–water partition coefficient (Wildman–Crippen LogP) is 2.41. The van der Waals surface area contributed by atoms with Crippen molar-refractivity contribution in [3.8, 4) is 0 Å². The topological polar surface area (TPSA) is 23.5 Å². The van der Waals surface area contributed by atoms with Crippen LogP contribution in [0.25, 0.3) is 0 Å². The minimum absolute atomic E-state index is 0.0461. The van der Waals surface area contributed by atoms with Crippen LogP contribution in [0.5, 0.6) is 0 Å². The van der Waals surface area contributed by atoms with Gasteiger partial charge in [-0.15, -0.1) is 0 Å². The Labute approximate surface area is 93.7 Å². The van der Waals surface area contributed by atoms with E-state index in [1.807, 2.05) is 0 Å². The second-order valence-electron chi connectivity index (χ2n) is 5.59. The minimum atomic E-state index is -0.0461. The lowest BCUT2D eigenvalue weighted by Crippen LogP contribution is -2.50. The van der Waals surface area contributed by atoms with Crippen LogP contribution in [0.3, 0.4) is 0 Å². The summed E-state index contributed by atoms with van der Waals surface area (Å²) in [6.07, 6.45) is 8.86. The number of aliphatic hydroxyl groups is 1. The van der Waals surface area contributed by atoms with Crippen molar-refractivity contribution in [2.45, 2.75) is 64.0 Å². The molecule has 0 radical (unpaired) electrons. The molecule has 0 heterocycles. The van der Waals surface area contributed by atoms with Crippen LogP contribution < -0.4 is 0 Å². The first-order valence-electron chi connectivity index (χ1n) is 6.56. The second-order valence-corrected chi connectivity index (χ2v) is 5.59. The molecule has 2 nitrogen and oxygen atoms in total. The van der Waals surface area contributed by atoms with E-state index >= 15 is 0 Å². The van der Waals surface area contributed by atoms with E-state index < -0.39 is 0 Å².